The van der Waals surface area contributed by atoms with E-state index in [1.807, 2.05) is 11.4 Å². The number of hydrogen-bond acceptors (Lipinski definition) is 5. The summed E-state index contributed by atoms with van der Waals surface area (Å²) in [5.74, 6) is 0.902. The number of nitrogens with zero attached hydrogens (tertiary/aromatic N) is 3. The molecule has 2 aromatic heterocycles. The summed E-state index contributed by atoms with van der Waals surface area (Å²) in [5, 5.41) is 6.56. The Balaban J connectivity index is 1.24. The van der Waals surface area contributed by atoms with Crippen LogP contribution in [-0.4, -0.2) is 26.2 Å². The minimum atomic E-state index is -0.0505. The molecule has 1 fully saturated rings. The molecule has 35 heavy (non-hydrogen) atoms. The lowest BCUT2D eigenvalue weighted by Crippen LogP contribution is -2.16. The van der Waals surface area contributed by atoms with Crippen LogP contribution in [0.3, 0.4) is 0 Å². The van der Waals surface area contributed by atoms with E-state index in [9.17, 15) is 4.79 Å². The van der Waals surface area contributed by atoms with Crippen molar-refractivity contribution in [1.82, 2.24) is 14.5 Å². The van der Waals surface area contributed by atoms with Gasteiger partial charge in [0, 0.05) is 17.0 Å². The number of aromatic nitrogens is 3. The van der Waals surface area contributed by atoms with E-state index in [0.29, 0.717) is 22.8 Å². The van der Waals surface area contributed by atoms with Gasteiger partial charge in [-0.3, -0.25) is 4.79 Å². The van der Waals surface area contributed by atoms with Gasteiger partial charge in [-0.25, -0.2) is 9.97 Å². The van der Waals surface area contributed by atoms with Gasteiger partial charge in [0.1, 0.15) is 0 Å². The van der Waals surface area contributed by atoms with Crippen molar-refractivity contribution in [3.63, 3.8) is 0 Å². The van der Waals surface area contributed by atoms with Crippen LogP contribution in [0.5, 0.6) is 0 Å². The molecule has 0 saturated heterocycles. The van der Waals surface area contributed by atoms with E-state index < -0.39 is 0 Å². The predicted octanol–water partition coefficient (Wildman–Crippen LogP) is 7.59. The molecule has 0 radical (unpaired) electrons. The summed E-state index contributed by atoms with van der Waals surface area (Å²) in [5.41, 5.74) is 5.48. The number of fused-ring (bicyclic) bond motifs is 1. The maximum Gasteiger partial charge on any atom is 0.236 e. The second-order valence-electron chi connectivity index (χ2n) is 9.71. The van der Waals surface area contributed by atoms with Gasteiger partial charge >= 0.3 is 0 Å². The fourth-order valence-corrected chi connectivity index (χ4v) is 6.47. The molecule has 1 aliphatic rings. The Morgan fingerprint density at radius 3 is 2.63 bits per heavy atom. The van der Waals surface area contributed by atoms with Gasteiger partial charge in [-0.15, -0.1) is 11.3 Å². The Hall–Kier alpha value is -2.64. The lowest BCUT2D eigenvalue weighted by Gasteiger charge is -2.25. The number of carbonyl (C=O) groups is 1. The summed E-state index contributed by atoms with van der Waals surface area (Å²) < 4.78 is 2.37. The van der Waals surface area contributed by atoms with E-state index in [4.69, 9.17) is 4.98 Å². The van der Waals surface area contributed by atoms with E-state index in [0.717, 1.165) is 28.4 Å². The molecule has 182 valence electrons. The Labute approximate surface area is 215 Å². The predicted molar refractivity (Wildman–Crippen MR) is 147 cm³/mol. The maximum atomic E-state index is 12.8. The van der Waals surface area contributed by atoms with Crippen LogP contribution in [0, 0.1) is 5.92 Å². The molecular weight excluding hydrogens is 472 g/mol. The SMILES string of the molecule is CC(C)Cc1ccc(-c2csc(NC(=O)CSc3nc4ccccc4n3C3CCCCC3)n2)cc1. The zero-order chi connectivity index (χ0) is 24.2. The number of para-hydroxylation sites is 2. The summed E-state index contributed by atoms with van der Waals surface area (Å²) in [4.78, 5) is 22.3. The fourth-order valence-electron chi connectivity index (χ4n) is 4.85. The minimum Gasteiger partial charge on any atom is -0.316 e. The van der Waals surface area contributed by atoms with E-state index in [2.05, 4.69) is 71.2 Å². The van der Waals surface area contributed by atoms with Crippen LogP contribution in [0.2, 0.25) is 0 Å². The summed E-state index contributed by atoms with van der Waals surface area (Å²) in [6.45, 7) is 4.46. The second-order valence-corrected chi connectivity index (χ2v) is 11.5. The van der Waals surface area contributed by atoms with Gasteiger partial charge in [0.25, 0.3) is 0 Å². The monoisotopic (exact) mass is 504 g/mol. The Kier molecular flexibility index (Phi) is 7.54. The van der Waals surface area contributed by atoms with Crippen LogP contribution in [0.1, 0.15) is 57.6 Å². The molecule has 4 aromatic rings. The molecule has 0 bridgehead atoms. The molecule has 0 spiro atoms. The number of imidazole rings is 1. The molecule has 2 aromatic carbocycles. The molecule has 1 aliphatic carbocycles. The van der Waals surface area contributed by atoms with Gasteiger partial charge in [-0.2, -0.15) is 0 Å². The van der Waals surface area contributed by atoms with Crippen molar-refractivity contribution in [1.29, 1.82) is 0 Å². The third kappa shape index (κ3) is 5.78. The molecule has 1 N–H and O–H groups in total. The van der Waals surface area contributed by atoms with E-state index in [1.165, 1.54) is 66.3 Å². The maximum absolute atomic E-state index is 12.8. The number of thiazole rings is 1. The highest BCUT2D eigenvalue weighted by molar-refractivity contribution is 7.99. The van der Waals surface area contributed by atoms with Gasteiger partial charge in [-0.1, -0.05) is 81.3 Å². The zero-order valence-corrected chi connectivity index (χ0v) is 22.0. The summed E-state index contributed by atoms with van der Waals surface area (Å²) in [7, 11) is 0. The Morgan fingerprint density at radius 1 is 1.09 bits per heavy atom. The number of hydrogen-bond donors (Lipinski definition) is 1. The van der Waals surface area contributed by atoms with Crippen molar-refractivity contribution in [3.8, 4) is 11.3 Å². The lowest BCUT2D eigenvalue weighted by atomic mass is 9.95. The topological polar surface area (TPSA) is 59.8 Å². The molecule has 5 nitrogen and oxygen atoms in total. The smallest absolute Gasteiger partial charge is 0.236 e. The number of thioether (sulfide) groups is 1. The third-order valence-electron chi connectivity index (χ3n) is 6.48. The molecule has 0 atom stereocenters. The van der Waals surface area contributed by atoms with E-state index in [1.54, 1.807) is 0 Å². The first kappa shape index (κ1) is 24.1. The molecule has 2 heterocycles. The quantitative estimate of drug-likeness (QED) is 0.251. The van der Waals surface area contributed by atoms with Crippen molar-refractivity contribution in [3.05, 3.63) is 59.5 Å². The molecule has 0 unspecified atom stereocenters. The molecule has 5 rings (SSSR count). The van der Waals surface area contributed by atoms with Crippen LogP contribution in [-0.2, 0) is 11.2 Å². The fraction of sp³-hybridized carbons (Fsp3) is 0.393. The van der Waals surface area contributed by atoms with Crippen molar-refractivity contribution in [2.45, 2.75) is 63.6 Å². The summed E-state index contributed by atoms with van der Waals surface area (Å²) in [6.07, 6.45) is 7.26. The number of anilines is 1. The highest BCUT2D eigenvalue weighted by atomic mass is 32.2. The first-order valence-electron chi connectivity index (χ1n) is 12.5. The number of rotatable bonds is 8. The average Bonchev–Trinajstić information content (AvgIpc) is 3.48. The average molecular weight is 505 g/mol. The largest absolute Gasteiger partial charge is 0.316 e. The van der Waals surface area contributed by atoms with Crippen LogP contribution in [0.15, 0.2) is 59.1 Å². The lowest BCUT2D eigenvalue weighted by molar-refractivity contribution is -0.113. The number of nitrogens with one attached hydrogen (secondary N) is 1. The first-order valence-corrected chi connectivity index (χ1v) is 14.4. The molecule has 7 heteroatoms. The van der Waals surface area contributed by atoms with Gasteiger partial charge in [0.2, 0.25) is 5.91 Å². The molecule has 0 aliphatic heterocycles. The number of carbonyl (C=O) groups excluding carboxylic acids is 1. The standard InChI is InChI=1S/C28H32N4OS2/c1-19(2)16-20-12-14-21(15-13-20)24-17-34-27(29-24)31-26(33)18-35-28-30-23-10-6-7-11-25(23)32(28)22-8-4-3-5-9-22/h6-7,10-15,17,19,22H,3-5,8-9,16,18H2,1-2H3,(H,29,31,33). The van der Waals surface area contributed by atoms with Crippen molar-refractivity contribution < 1.29 is 4.79 Å². The number of amides is 1. The highest BCUT2D eigenvalue weighted by Crippen LogP contribution is 2.35. The van der Waals surface area contributed by atoms with Crippen LogP contribution in [0.4, 0.5) is 5.13 Å². The first-order chi connectivity index (χ1) is 17.1. The van der Waals surface area contributed by atoms with E-state index in [-0.39, 0.29) is 5.91 Å². The highest BCUT2D eigenvalue weighted by Gasteiger charge is 2.22. The molecule has 1 saturated carbocycles. The molecular formula is C28H32N4OS2. The van der Waals surface area contributed by atoms with Gasteiger partial charge in [0.15, 0.2) is 10.3 Å². The van der Waals surface area contributed by atoms with Crippen molar-refractivity contribution >= 4 is 45.2 Å². The van der Waals surface area contributed by atoms with Crippen molar-refractivity contribution in [2.75, 3.05) is 11.1 Å². The van der Waals surface area contributed by atoms with Gasteiger partial charge in [-0.05, 0) is 42.9 Å². The Bertz CT molecular complexity index is 1290. The van der Waals surface area contributed by atoms with Crippen LogP contribution >= 0.6 is 23.1 Å². The zero-order valence-electron chi connectivity index (χ0n) is 20.4. The molecule has 1 amide bonds. The Morgan fingerprint density at radius 2 is 1.86 bits per heavy atom. The normalized spacial score (nSPS) is 14.6. The summed E-state index contributed by atoms with van der Waals surface area (Å²) in [6, 6.07) is 17.3. The van der Waals surface area contributed by atoms with Crippen LogP contribution in [0.25, 0.3) is 22.3 Å². The second kappa shape index (κ2) is 11.0. The van der Waals surface area contributed by atoms with Crippen molar-refractivity contribution in [2.24, 2.45) is 5.92 Å². The summed E-state index contributed by atoms with van der Waals surface area (Å²) >= 11 is 2.99. The number of benzene rings is 2. The van der Waals surface area contributed by atoms with Gasteiger partial charge in [0.05, 0.1) is 22.5 Å². The van der Waals surface area contributed by atoms with E-state index >= 15 is 0 Å². The van der Waals surface area contributed by atoms with Gasteiger partial charge < -0.3 is 9.88 Å². The third-order valence-corrected chi connectivity index (χ3v) is 8.19. The minimum absolute atomic E-state index is 0.0505. The van der Waals surface area contributed by atoms with Crippen LogP contribution < -0.4 is 5.32 Å².